The summed E-state index contributed by atoms with van der Waals surface area (Å²) in [5.41, 5.74) is 2.17. The molecule has 26 heavy (non-hydrogen) atoms. The summed E-state index contributed by atoms with van der Waals surface area (Å²) in [6.45, 7) is 6.07. The molecule has 2 saturated heterocycles. The standard InChI is InChI=1S/C20H26N2O3S/c1-16(2)10-11-21-12-13-22(19-15-26(24,25)14-18(19)21)20(23)9-8-17-6-4-3-5-7-17/h3-10,18-19H,11-15H2,1-2H3/t18-,19+/m1/s1. The van der Waals surface area contributed by atoms with Crippen LogP contribution in [0.3, 0.4) is 0 Å². The first-order chi connectivity index (χ1) is 12.4. The van der Waals surface area contributed by atoms with Gasteiger partial charge >= 0.3 is 0 Å². The van der Waals surface area contributed by atoms with Gasteiger partial charge < -0.3 is 4.90 Å². The van der Waals surface area contributed by atoms with Gasteiger partial charge in [-0.15, -0.1) is 0 Å². The minimum absolute atomic E-state index is 0.0634. The fourth-order valence-corrected chi connectivity index (χ4v) is 5.66. The predicted octanol–water partition coefficient (Wildman–Crippen LogP) is 1.98. The fourth-order valence-electron chi connectivity index (χ4n) is 3.65. The third-order valence-electron chi connectivity index (χ3n) is 5.03. The molecule has 1 amide bonds. The molecule has 0 aromatic heterocycles. The van der Waals surface area contributed by atoms with Gasteiger partial charge in [-0.1, -0.05) is 42.0 Å². The van der Waals surface area contributed by atoms with Gasteiger partial charge in [-0.3, -0.25) is 9.69 Å². The zero-order valence-corrected chi connectivity index (χ0v) is 16.2. The molecule has 0 aliphatic carbocycles. The van der Waals surface area contributed by atoms with E-state index in [1.807, 2.05) is 44.2 Å². The van der Waals surface area contributed by atoms with Crippen molar-refractivity contribution in [1.29, 1.82) is 0 Å². The maximum absolute atomic E-state index is 12.7. The van der Waals surface area contributed by atoms with Crippen LogP contribution in [0.2, 0.25) is 0 Å². The molecule has 2 heterocycles. The zero-order chi connectivity index (χ0) is 18.7. The molecule has 5 nitrogen and oxygen atoms in total. The molecular formula is C20H26N2O3S. The summed E-state index contributed by atoms with van der Waals surface area (Å²) < 4.78 is 24.5. The quantitative estimate of drug-likeness (QED) is 0.597. The molecule has 0 N–H and O–H groups in total. The SMILES string of the molecule is CC(C)=CCN1CCN(C(=O)C=Cc2ccccc2)[C@H]2CS(=O)(=O)C[C@H]21. The summed E-state index contributed by atoms with van der Waals surface area (Å²) in [5, 5.41) is 0. The van der Waals surface area contributed by atoms with Crippen LogP contribution in [-0.4, -0.2) is 67.3 Å². The monoisotopic (exact) mass is 374 g/mol. The lowest BCUT2D eigenvalue weighted by Gasteiger charge is -2.43. The van der Waals surface area contributed by atoms with E-state index in [0.717, 1.165) is 12.1 Å². The van der Waals surface area contributed by atoms with Gasteiger partial charge in [0.15, 0.2) is 9.84 Å². The Labute approximate surface area is 155 Å². The summed E-state index contributed by atoms with van der Waals surface area (Å²) in [4.78, 5) is 16.7. The summed E-state index contributed by atoms with van der Waals surface area (Å²) in [7, 11) is -3.11. The number of carbonyl (C=O) groups is 1. The van der Waals surface area contributed by atoms with Crippen LogP contribution in [0.1, 0.15) is 19.4 Å². The van der Waals surface area contributed by atoms with Crippen molar-refractivity contribution in [3.05, 3.63) is 53.6 Å². The van der Waals surface area contributed by atoms with E-state index < -0.39 is 9.84 Å². The van der Waals surface area contributed by atoms with Gasteiger partial charge in [-0.25, -0.2) is 8.42 Å². The lowest BCUT2D eigenvalue weighted by molar-refractivity contribution is -0.131. The number of amides is 1. The van der Waals surface area contributed by atoms with E-state index in [9.17, 15) is 13.2 Å². The zero-order valence-electron chi connectivity index (χ0n) is 15.3. The van der Waals surface area contributed by atoms with Crippen LogP contribution in [0.4, 0.5) is 0 Å². The summed E-state index contributed by atoms with van der Waals surface area (Å²) in [5.74, 6) is 0.0942. The van der Waals surface area contributed by atoms with Crippen molar-refractivity contribution in [2.75, 3.05) is 31.1 Å². The van der Waals surface area contributed by atoms with Crippen LogP contribution in [0.25, 0.3) is 6.08 Å². The number of allylic oxidation sites excluding steroid dienone is 1. The third kappa shape index (κ3) is 4.43. The Morgan fingerprint density at radius 3 is 2.50 bits per heavy atom. The first kappa shape index (κ1) is 18.9. The van der Waals surface area contributed by atoms with Crippen molar-refractivity contribution < 1.29 is 13.2 Å². The van der Waals surface area contributed by atoms with Gasteiger partial charge in [-0.05, 0) is 25.5 Å². The number of piperazine rings is 1. The lowest BCUT2D eigenvalue weighted by atomic mass is 10.0. The van der Waals surface area contributed by atoms with Crippen LogP contribution in [0, 0.1) is 0 Å². The Morgan fingerprint density at radius 1 is 1.12 bits per heavy atom. The topological polar surface area (TPSA) is 57.7 Å². The van der Waals surface area contributed by atoms with Gasteiger partial charge in [-0.2, -0.15) is 0 Å². The highest BCUT2D eigenvalue weighted by molar-refractivity contribution is 7.91. The summed E-state index contributed by atoms with van der Waals surface area (Å²) in [6, 6.07) is 9.27. The molecule has 0 radical (unpaired) electrons. The van der Waals surface area contributed by atoms with Crippen molar-refractivity contribution in [3.63, 3.8) is 0 Å². The Bertz CT molecular complexity index is 811. The minimum atomic E-state index is -3.11. The van der Waals surface area contributed by atoms with Crippen LogP contribution < -0.4 is 0 Å². The Hall–Kier alpha value is -1.92. The van der Waals surface area contributed by atoms with Crippen LogP contribution in [0.5, 0.6) is 0 Å². The van der Waals surface area contributed by atoms with E-state index in [4.69, 9.17) is 0 Å². The van der Waals surface area contributed by atoms with Gasteiger partial charge in [0.1, 0.15) is 0 Å². The number of benzene rings is 1. The van der Waals surface area contributed by atoms with Crippen molar-refractivity contribution >= 4 is 21.8 Å². The number of carbonyl (C=O) groups excluding carboxylic acids is 1. The van der Waals surface area contributed by atoms with Crippen molar-refractivity contribution in [2.24, 2.45) is 0 Å². The Morgan fingerprint density at radius 2 is 1.81 bits per heavy atom. The molecule has 1 aromatic rings. The van der Waals surface area contributed by atoms with Gasteiger partial charge in [0, 0.05) is 31.8 Å². The first-order valence-electron chi connectivity index (χ1n) is 8.97. The number of fused-ring (bicyclic) bond motifs is 1. The molecule has 1 aromatic carbocycles. The molecular weight excluding hydrogens is 348 g/mol. The second-order valence-corrected chi connectivity index (χ2v) is 9.42. The van der Waals surface area contributed by atoms with E-state index in [1.54, 1.807) is 17.1 Å². The molecule has 0 saturated carbocycles. The molecule has 2 aliphatic rings. The molecule has 0 unspecified atom stereocenters. The highest BCUT2D eigenvalue weighted by Crippen LogP contribution is 2.27. The Balaban J connectivity index is 1.76. The molecule has 2 fully saturated rings. The van der Waals surface area contributed by atoms with Crippen molar-refractivity contribution in [1.82, 2.24) is 9.80 Å². The smallest absolute Gasteiger partial charge is 0.246 e. The summed E-state index contributed by atoms with van der Waals surface area (Å²) in [6.07, 6.45) is 5.47. The van der Waals surface area contributed by atoms with Crippen molar-refractivity contribution in [3.8, 4) is 0 Å². The van der Waals surface area contributed by atoms with Gasteiger partial charge in [0.2, 0.25) is 5.91 Å². The second-order valence-electron chi connectivity index (χ2n) is 7.26. The van der Waals surface area contributed by atoms with E-state index in [0.29, 0.717) is 13.1 Å². The van der Waals surface area contributed by atoms with Gasteiger partial charge in [0.05, 0.1) is 17.5 Å². The van der Waals surface area contributed by atoms with E-state index in [1.165, 1.54) is 5.57 Å². The lowest BCUT2D eigenvalue weighted by Crippen LogP contribution is -2.60. The predicted molar refractivity (Wildman–Crippen MR) is 104 cm³/mol. The molecule has 0 spiro atoms. The average molecular weight is 375 g/mol. The number of rotatable bonds is 4. The molecule has 0 bridgehead atoms. The molecule has 6 heteroatoms. The molecule has 140 valence electrons. The fraction of sp³-hybridized carbons (Fsp3) is 0.450. The maximum atomic E-state index is 12.7. The third-order valence-corrected chi connectivity index (χ3v) is 6.72. The normalized spacial score (nSPS) is 25.2. The number of nitrogens with zero attached hydrogens (tertiary/aromatic N) is 2. The number of sulfone groups is 1. The van der Waals surface area contributed by atoms with Crippen LogP contribution in [-0.2, 0) is 14.6 Å². The highest BCUT2D eigenvalue weighted by atomic mass is 32.2. The Kier molecular flexibility index (Phi) is 5.63. The van der Waals surface area contributed by atoms with Gasteiger partial charge in [0.25, 0.3) is 0 Å². The van der Waals surface area contributed by atoms with E-state index >= 15 is 0 Å². The number of hydrogen-bond donors (Lipinski definition) is 0. The second kappa shape index (κ2) is 7.76. The number of hydrogen-bond acceptors (Lipinski definition) is 4. The van der Waals surface area contributed by atoms with E-state index in [2.05, 4.69) is 11.0 Å². The minimum Gasteiger partial charge on any atom is -0.332 e. The maximum Gasteiger partial charge on any atom is 0.246 e. The van der Waals surface area contributed by atoms with Crippen LogP contribution in [0.15, 0.2) is 48.1 Å². The van der Waals surface area contributed by atoms with Crippen LogP contribution >= 0.6 is 0 Å². The first-order valence-corrected chi connectivity index (χ1v) is 10.8. The molecule has 2 aliphatic heterocycles. The molecule has 2 atom stereocenters. The highest BCUT2D eigenvalue weighted by Gasteiger charge is 2.47. The largest absolute Gasteiger partial charge is 0.332 e. The summed E-state index contributed by atoms with van der Waals surface area (Å²) >= 11 is 0. The van der Waals surface area contributed by atoms with E-state index in [-0.39, 0.29) is 29.5 Å². The average Bonchev–Trinajstić information content (AvgIpc) is 2.93. The molecule has 3 rings (SSSR count). The van der Waals surface area contributed by atoms with Crippen molar-refractivity contribution in [2.45, 2.75) is 25.9 Å².